The Morgan fingerprint density at radius 2 is 1.75 bits per heavy atom. The number of nitrogens with zero attached hydrogens (tertiary/aromatic N) is 3. The Balaban J connectivity index is 1.36. The van der Waals surface area contributed by atoms with E-state index in [2.05, 4.69) is 5.32 Å². The maximum absolute atomic E-state index is 13.8. The summed E-state index contributed by atoms with van der Waals surface area (Å²) in [7, 11) is 0. The Bertz CT molecular complexity index is 1720. The number of thiazole rings is 1. The van der Waals surface area contributed by atoms with Gasteiger partial charge in [-0.1, -0.05) is 40.8 Å². The molecule has 1 fully saturated rings. The quantitative estimate of drug-likeness (QED) is 0.185. The molecule has 4 aromatic rings. The van der Waals surface area contributed by atoms with E-state index in [1.165, 1.54) is 40.2 Å². The highest BCUT2D eigenvalue weighted by atomic mass is 35.5. The van der Waals surface area contributed by atoms with Gasteiger partial charge >= 0.3 is 4.87 Å². The Kier molecular flexibility index (Phi) is 6.82. The molecule has 10 nitrogen and oxygen atoms in total. The van der Waals surface area contributed by atoms with Crippen LogP contribution < -0.4 is 15.1 Å². The zero-order chi connectivity index (χ0) is 28.1. The summed E-state index contributed by atoms with van der Waals surface area (Å²) in [6.07, 6.45) is 0. The predicted octanol–water partition coefficient (Wildman–Crippen LogP) is 4.97. The van der Waals surface area contributed by atoms with E-state index in [1.54, 1.807) is 24.3 Å². The number of aromatic nitrogens is 1. The molecule has 3 amide bonds. The highest BCUT2D eigenvalue weighted by molar-refractivity contribution is 8.00. The van der Waals surface area contributed by atoms with E-state index in [9.17, 15) is 29.3 Å². The van der Waals surface area contributed by atoms with Crippen molar-refractivity contribution in [3.63, 3.8) is 0 Å². The monoisotopic (exact) mass is 612 g/mol. The molecule has 3 atom stereocenters. The van der Waals surface area contributed by atoms with Crippen molar-refractivity contribution in [3.05, 3.63) is 101 Å². The highest BCUT2D eigenvalue weighted by Crippen LogP contribution is 2.54. The molecule has 2 unspecified atom stereocenters. The number of carbonyl (C=O) groups excluding carboxylic acids is 3. The first-order chi connectivity index (χ1) is 19.2. The molecular formula is C26H17ClN4O6S3. The number of nitrogens with one attached hydrogen (secondary N) is 1. The van der Waals surface area contributed by atoms with Gasteiger partial charge in [-0.05, 0) is 47.8 Å². The summed E-state index contributed by atoms with van der Waals surface area (Å²) < 4.78 is 1.35. The van der Waals surface area contributed by atoms with Crippen molar-refractivity contribution in [2.24, 2.45) is 5.92 Å². The Morgan fingerprint density at radius 3 is 2.40 bits per heavy atom. The number of hydrogen-bond donors (Lipinski definition) is 1. The topological polar surface area (TPSA) is 132 Å². The van der Waals surface area contributed by atoms with Crippen molar-refractivity contribution < 1.29 is 19.3 Å². The van der Waals surface area contributed by atoms with E-state index in [4.69, 9.17) is 11.6 Å². The Morgan fingerprint density at radius 1 is 1.02 bits per heavy atom. The molecule has 40 heavy (non-hydrogen) atoms. The minimum absolute atomic E-state index is 0.158. The zero-order valence-electron chi connectivity index (χ0n) is 20.2. The number of carbonyl (C=O) groups is 3. The lowest BCUT2D eigenvalue weighted by molar-refractivity contribution is -0.384. The van der Waals surface area contributed by atoms with Crippen LogP contribution in [0.2, 0.25) is 5.02 Å². The van der Waals surface area contributed by atoms with Gasteiger partial charge in [0.2, 0.25) is 17.7 Å². The molecule has 2 aromatic heterocycles. The van der Waals surface area contributed by atoms with E-state index in [0.717, 1.165) is 32.9 Å². The van der Waals surface area contributed by atoms with E-state index in [1.807, 2.05) is 17.5 Å². The molecule has 2 aromatic carbocycles. The van der Waals surface area contributed by atoms with Crippen molar-refractivity contribution in [3.8, 4) is 0 Å². The summed E-state index contributed by atoms with van der Waals surface area (Å²) in [6.45, 7) is -0.275. The maximum atomic E-state index is 13.8. The Labute approximate surface area is 243 Å². The van der Waals surface area contributed by atoms with E-state index >= 15 is 0 Å². The third-order valence-corrected chi connectivity index (χ3v) is 10.5. The number of halogens is 1. The lowest BCUT2D eigenvalue weighted by Crippen LogP contribution is -2.32. The predicted molar refractivity (Wildman–Crippen MR) is 154 cm³/mol. The number of thiophene rings is 1. The minimum atomic E-state index is -0.845. The van der Waals surface area contributed by atoms with Gasteiger partial charge in [-0.2, -0.15) is 0 Å². The second-order valence-corrected chi connectivity index (χ2v) is 12.6. The summed E-state index contributed by atoms with van der Waals surface area (Å²) in [4.78, 5) is 66.2. The molecule has 0 spiro atoms. The molecule has 4 heterocycles. The van der Waals surface area contributed by atoms with Crippen molar-refractivity contribution in [1.82, 2.24) is 4.57 Å². The second-order valence-electron chi connectivity index (χ2n) is 9.02. The smallest absolute Gasteiger partial charge is 0.308 e. The van der Waals surface area contributed by atoms with Crippen molar-refractivity contribution in [2.75, 3.05) is 10.2 Å². The summed E-state index contributed by atoms with van der Waals surface area (Å²) in [5.74, 6) is -2.68. The summed E-state index contributed by atoms with van der Waals surface area (Å²) in [6, 6.07) is 15.5. The Hall–Kier alpha value is -3.78. The molecular weight excluding hydrogens is 596 g/mol. The molecule has 202 valence electrons. The number of anilines is 2. The van der Waals surface area contributed by atoms with Gasteiger partial charge in [-0.15, -0.1) is 11.3 Å². The van der Waals surface area contributed by atoms with Gasteiger partial charge in [0.25, 0.3) is 5.69 Å². The summed E-state index contributed by atoms with van der Waals surface area (Å²) in [5, 5.41) is 15.8. The fourth-order valence-electron chi connectivity index (χ4n) is 4.89. The largest absolute Gasteiger partial charge is 0.325 e. The fourth-order valence-corrected chi connectivity index (χ4v) is 8.73. The molecule has 6 rings (SSSR count). The first-order valence-electron chi connectivity index (χ1n) is 11.8. The van der Waals surface area contributed by atoms with Gasteiger partial charge in [0.1, 0.15) is 11.8 Å². The molecule has 14 heteroatoms. The molecule has 0 radical (unpaired) electrons. The van der Waals surface area contributed by atoms with Crippen LogP contribution >= 0.6 is 46.0 Å². The van der Waals surface area contributed by atoms with Crippen LogP contribution in [0, 0.1) is 16.0 Å². The molecule has 0 bridgehead atoms. The van der Waals surface area contributed by atoms with Crippen LogP contribution in [-0.4, -0.2) is 32.5 Å². The van der Waals surface area contributed by atoms with E-state index < -0.39 is 39.7 Å². The number of nitro groups is 1. The van der Waals surface area contributed by atoms with Gasteiger partial charge in [-0.3, -0.25) is 33.9 Å². The molecule has 0 saturated carbocycles. The van der Waals surface area contributed by atoms with Gasteiger partial charge in [0.15, 0.2) is 0 Å². The van der Waals surface area contributed by atoms with Gasteiger partial charge in [0, 0.05) is 38.5 Å². The number of hydrogen-bond acceptors (Lipinski definition) is 9. The minimum Gasteiger partial charge on any atom is -0.325 e. The van der Waals surface area contributed by atoms with Crippen molar-refractivity contribution in [2.45, 2.75) is 22.7 Å². The molecule has 0 aliphatic carbocycles. The van der Waals surface area contributed by atoms with Crippen LogP contribution in [0.3, 0.4) is 0 Å². The van der Waals surface area contributed by atoms with Crippen LogP contribution in [0.4, 0.5) is 17.1 Å². The standard InChI is InChI=1S/C26H17ClN4O6S3/c27-13-3-5-14(6-4-13)28-18(32)12-29-25-22(40-26(29)35)19(17-2-1-11-38-17)20-21(39-25)24(34)30(23(20)33)15-7-9-16(10-8-15)31(36)37/h1-11,19-21H,12H2,(H,28,32)/t19-,20?,21?/m0/s1. The number of thioether (sulfide) groups is 1. The average Bonchev–Trinajstić information content (AvgIpc) is 3.63. The number of nitro benzene ring substituents is 1. The summed E-state index contributed by atoms with van der Waals surface area (Å²) in [5.41, 5.74) is 0.601. The first-order valence-corrected chi connectivity index (χ1v) is 14.8. The number of imide groups is 1. The zero-order valence-corrected chi connectivity index (χ0v) is 23.4. The molecule has 1 N–H and O–H groups in total. The van der Waals surface area contributed by atoms with Gasteiger partial charge in [0.05, 0.1) is 21.6 Å². The van der Waals surface area contributed by atoms with Crippen LogP contribution in [0.25, 0.3) is 0 Å². The van der Waals surface area contributed by atoms with Crippen LogP contribution in [0.5, 0.6) is 0 Å². The lowest BCUT2D eigenvalue weighted by atomic mass is 9.87. The van der Waals surface area contributed by atoms with Crippen molar-refractivity contribution in [1.29, 1.82) is 0 Å². The molecule has 2 aliphatic heterocycles. The number of non-ortho nitro benzene ring substituents is 1. The first kappa shape index (κ1) is 26.4. The second kappa shape index (κ2) is 10.3. The summed E-state index contributed by atoms with van der Waals surface area (Å²) >= 11 is 9.40. The number of amides is 3. The van der Waals surface area contributed by atoms with Gasteiger partial charge < -0.3 is 5.32 Å². The molecule has 1 saturated heterocycles. The highest BCUT2D eigenvalue weighted by Gasteiger charge is 2.57. The van der Waals surface area contributed by atoms with E-state index in [-0.39, 0.29) is 22.8 Å². The SMILES string of the molecule is O=C(Cn1c2c(sc1=O)[C@@H](c1cccs1)C1C(=O)N(c3ccc([N+](=O)[O-])cc3)C(=O)C1S2)Nc1ccc(Cl)cc1. The molecule has 2 aliphatic rings. The third-order valence-electron chi connectivity index (χ3n) is 6.65. The van der Waals surface area contributed by atoms with Gasteiger partial charge in [-0.25, -0.2) is 4.90 Å². The number of fused-ring (bicyclic) bond motifs is 2. The normalized spacial score (nSPS) is 19.8. The van der Waals surface area contributed by atoms with Crippen LogP contribution in [0.1, 0.15) is 15.7 Å². The lowest BCUT2D eigenvalue weighted by Gasteiger charge is -2.29. The number of benzene rings is 2. The maximum Gasteiger partial charge on any atom is 0.308 e. The third kappa shape index (κ3) is 4.54. The fraction of sp³-hybridized carbons (Fsp3) is 0.154. The van der Waals surface area contributed by atoms with Crippen molar-refractivity contribution >= 4 is 80.8 Å². The van der Waals surface area contributed by atoms with Crippen LogP contribution in [0.15, 0.2) is 75.9 Å². The average molecular weight is 613 g/mol. The number of rotatable bonds is 6. The van der Waals surface area contributed by atoms with Crippen LogP contribution in [-0.2, 0) is 20.9 Å². The van der Waals surface area contributed by atoms with E-state index in [0.29, 0.717) is 20.6 Å².